The summed E-state index contributed by atoms with van der Waals surface area (Å²) in [5.74, 6) is 0.184. The van der Waals surface area contributed by atoms with E-state index in [-0.39, 0.29) is 5.75 Å². The van der Waals surface area contributed by atoms with Gasteiger partial charge in [0.05, 0.1) is 6.10 Å². The highest BCUT2D eigenvalue weighted by molar-refractivity contribution is 5.33. The molecule has 3 N–H and O–H groups in total. The minimum atomic E-state index is -0.555. The Hall–Kier alpha value is -1.06. The van der Waals surface area contributed by atoms with Crippen LogP contribution in [0.1, 0.15) is 69.5 Å². The molecule has 1 rings (SSSR count). The molecule has 20 heavy (non-hydrogen) atoms. The van der Waals surface area contributed by atoms with Crippen LogP contribution < -0.4 is 0 Å². The van der Waals surface area contributed by atoms with E-state index in [0.29, 0.717) is 18.6 Å². The average Bonchev–Trinajstić information content (AvgIpc) is 2.46. The van der Waals surface area contributed by atoms with Gasteiger partial charge in [-0.25, -0.2) is 0 Å². The van der Waals surface area contributed by atoms with Gasteiger partial charge in [0.15, 0.2) is 0 Å². The van der Waals surface area contributed by atoms with Crippen molar-refractivity contribution < 1.29 is 15.3 Å². The molecule has 0 heterocycles. The molecule has 1 aromatic carbocycles. The van der Waals surface area contributed by atoms with E-state index in [4.69, 9.17) is 5.11 Å². The van der Waals surface area contributed by atoms with Crippen molar-refractivity contribution in [2.45, 2.75) is 63.9 Å². The first kappa shape index (κ1) is 17.0. The van der Waals surface area contributed by atoms with Crippen LogP contribution in [0.15, 0.2) is 24.3 Å². The van der Waals surface area contributed by atoms with Gasteiger partial charge in [-0.3, -0.25) is 0 Å². The summed E-state index contributed by atoms with van der Waals surface area (Å²) in [6.07, 6.45) is 9.21. The highest BCUT2D eigenvalue weighted by Gasteiger charge is 2.10. The second-order valence-electron chi connectivity index (χ2n) is 5.42. The summed E-state index contributed by atoms with van der Waals surface area (Å²) in [6, 6.07) is 7.00. The molecule has 3 nitrogen and oxygen atoms in total. The molecule has 1 unspecified atom stereocenters. The largest absolute Gasteiger partial charge is 0.508 e. The molecule has 0 fully saturated rings. The van der Waals surface area contributed by atoms with Crippen molar-refractivity contribution in [3.63, 3.8) is 0 Å². The summed E-state index contributed by atoms with van der Waals surface area (Å²) < 4.78 is 0. The number of para-hydroxylation sites is 1. The summed E-state index contributed by atoms with van der Waals surface area (Å²) in [5, 5.41) is 28.3. The number of aromatic hydroxyl groups is 1. The van der Waals surface area contributed by atoms with Gasteiger partial charge in [0.25, 0.3) is 0 Å². The van der Waals surface area contributed by atoms with Crippen LogP contribution in [0.4, 0.5) is 0 Å². The second kappa shape index (κ2) is 10.7. The van der Waals surface area contributed by atoms with Gasteiger partial charge >= 0.3 is 0 Å². The molecule has 1 aromatic rings. The molecule has 1 atom stereocenters. The third-order valence-corrected chi connectivity index (χ3v) is 3.68. The first-order valence-electron chi connectivity index (χ1n) is 7.82. The normalized spacial score (nSPS) is 12.5. The minimum absolute atomic E-state index is 0.184. The number of phenolic OH excluding ortho intramolecular Hbond substituents is 1. The van der Waals surface area contributed by atoms with E-state index in [2.05, 4.69) is 0 Å². The summed E-state index contributed by atoms with van der Waals surface area (Å²) in [6.45, 7) is 0.310. The fourth-order valence-corrected chi connectivity index (χ4v) is 2.43. The van der Waals surface area contributed by atoms with Crippen molar-refractivity contribution in [2.75, 3.05) is 6.61 Å². The predicted octanol–water partition coefficient (Wildman–Crippen LogP) is 3.93. The topological polar surface area (TPSA) is 60.7 Å². The maximum Gasteiger partial charge on any atom is 0.121 e. The van der Waals surface area contributed by atoms with Crippen molar-refractivity contribution in [1.29, 1.82) is 0 Å². The quantitative estimate of drug-likeness (QED) is 0.538. The smallest absolute Gasteiger partial charge is 0.121 e. The number of hydrogen-bond acceptors (Lipinski definition) is 3. The number of hydrogen-bond donors (Lipinski definition) is 3. The van der Waals surface area contributed by atoms with Crippen molar-refractivity contribution >= 4 is 0 Å². The van der Waals surface area contributed by atoms with Crippen LogP contribution in [-0.4, -0.2) is 21.9 Å². The molecule has 0 spiro atoms. The molecule has 114 valence electrons. The molecular formula is C17H28O3. The zero-order valence-electron chi connectivity index (χ0n) is 12.3. The number of benzene rings is 1. The van der Waals surface area contributed by atoms with Crippen molar-refractivity contribution in [3.8, 4) is 5.75 Å². The first-order chi connectivity index (χ1) is 9.75. The maximum absolute atomic E-state index is 10.0. The molecule has 0 saturated carbocycles. The maximum atomic E-state index is 10.0. The van der Waals surface area contributed by atoms with E-state index in [1.807, 2.05) is 6.07 Å². The summed E-state index contributed by atoms with van der Waals surface area (Å²) in [7, 11) is 0. The van der Waals surface area contributed by atoms with E-state index in [9.17, 15) is 10.2 Å². The lowest BCUT2D eigenvalue weighted by molar-refractivity contribution is 0.159. The van der Waals surface area contributed by atoms with Gasteiger partial charge in [-0.1, -0.05) is 63.1 Å². The average molecular weight is 280 g/mol. The van der Waals surface area contributed by atoms with E-state index >= 15 is 0 Å². The highest BCUT2D eigenvalue weighted by atomic mass is 16.3. The van der Waals surface area contributed by atoms with Crippen LogP contribution in [0, 0.1) is 0 Å². The number of aliphatic hydroxyl groups is 2. The monoisotopic (exact) mass is 280 g/mol. The molecule has 0 aliphatic heterocycles. The molecule has 0 aliphatic carbocycles. The summed E-state index contributed by atoms with van der Waals surface area (Å²) >= 11 is 0. The van der Waals surface area contributed by atoms with E-state index in [1.54, 1.807) is 18.2 Å². The Labute approximate surface area is 122 Å². The van der Waals surface area contributed by atoms with Crippen molar-refractivity contribution in [3.05, 3.63) is 29.8 Å². The third-order valence-electron chi connectivity index (χ3n) is 3.68. The van der Waals surface area contributed by atoms with Gasteiger partial charge in [0.1, 0.15) is 5.75 Å². The van der Waals surface area contributed by atoms with Gasteiger partial charge in [0.2, 0.25) is 0 Å². The Morgan fingerprint density at radius 1 is 0.800 bits per heavy atom. The lowest BCUT2D eigenvalue weighted by Crippen LogP contribution is -1.97. The highest BCUT2D eigenvalue weighted by Crippen LogP contribution is 2.27. The Morgan fingerprint density at radius 2 is 1.35 bits per heavy atom. The van der Waals surface area contributed by atoms with Gasteiger partial charge in [-0.15, -0.1) is 0 Å². The van der Waals surface area contributed by atoms with Gasteiger partial charge in [0, 0.05) is 12.2 Å². The molecule has 3 heteroatoms. The molecule has 0 radical (unpaired) electrons. The van der Waals surface area contributed by atoms with Gasteiger partial charge < -0.3 is 15.3 Å². The Kier molecular flexibility index (Phi) is 9.09. The van der Waals surface area contributed by atoms with Crippen LogP contribution in [0.25, 0.3) is 0 Å². The minimum Gasteiger partial charge on any atom is -0.508 e. The zero-order valence-corrected chi connectivity index (χ0v) is 12.3. The van der Waals surface area contributed by atoms with E-state index in [0.717, 1.165) is 25.7 Å². The zero-order chi connectivity index (χ0) is 14.6. The number of unbranched alkanes of at least 4 members (excludes halogenated alkanes) is 7. The molecule has 0 aromatic heterocycles. The Bertz CT molecular complexity index is 352. The standard InChI is InChI=1S/C17H28O3/c18-14-10-6-4-2-1-3-5-7-12-16(19)15-11-8-9-13-17(15)20/h8-9,11,13,16,18-20H,1-7,10,12,14H2. The van der Waals surface area contributed by atoms with Crippen LogP contribution in [0.5, 0.6) is 5.75 Å². The van der Waals surface area contributed by atoms with Crippen LogP contribution in [0.2, 0.25) is 0 Å². The third kappa shape index (κ3) is 6.92. The van der Waals surface area contributed by atoms with Crippen molar-refractivity contribution in [2.24, 2.45) is 0 Å². The van der Waals surface area contributed by atoms with Crippen molar-refractivity contribution in [1.82, 2.24) is 0 Å². The lowest BCUT2D eigenvalue weighted by atomic mass is 10.0. The van der Waals surface area contributed by atoms with E-state index in [1.165, 1.54) is 25.7 Å². The SMILES string of the molecule is OCCCCCCCCCCC(O)c1ccccc1O. The number of rotatable bonds is 11. The molecule has 0 amide bonds. The molecule has 0 bridgehead atoms. The predicted molar refractivity (Wildman–Crippen MR) is 81.7 cm³/mol. The molecular weight excluding hydrogens is 252 g/mol. The molecule has 0 saturated heterocycles. The lowest BCUT2D eigenvalue weighted by Gasteiger charge is -2.12. The first-order valence-corrected chi connectivity index (χ1v) is 7.82. The van der Waals surface area contributed by atoms with Crippen LogP contribution >= 0.6 is 0 Å². The Morgan fingerprint density at radius 3 is 1.95 bits per heavy atom. The van der Waals surface area contributed by atoms with E-state index < -0.39 is 6.10 Å². The van der Waals surface area contributed by atoms with Crippen LogP contribution in [-0.2, 0) is 0 Å². The van der Waals surface area contributed by atoms with Gasteiger partial charge in [-0.05, 0) is 18.9 Å². The second-order valence-corrected chi connectivity index (χ2v) is 5.42. The molecule has 0 aliphatic rings. The summed E-state index contributed by atoms with van der Waals surface area (Å²) in [4.78, 5) is 0. The number of phenols is 1. The summed E-state index contributed by atoms with van der Waals surface area (Å²) in [5.41, 5.74) is 0.636. The fourth-order valence-electron chi connectivity index (χ4n) is 2.43. The fraction of sp³-hybridized carbons (Fsp3) is 0.647. The number of aliphatic hydroxyl groups excluding tert-OH is 2. The Balaban J connectivity index is 2.03. The van der Waals surface area contributed by atoms with Crippen LogP contribution in [0.3, 0.4) is 0 Å². The van der Waals surface area contributed by atoms with Gasteiger partial charge in [-0.2, -0.15) is 0 Å².